The Hall–Kier alpha value is -0.870. The normalized spacial score (nSPS) is 22.6. The molecule has 1 unspecified atom stereocenters. The Morgan fingerprint density at radius 1 is 1.42 bits per heavy atom. The number of hydrogen-bond donors (Lipinski definition) is 2. The van der Waals surface area contributed by atoms with E-state index < -0.39 is 0 Å². The highest BCUT2D eigenvalue weighted by Crippen LogP contribution is 2.25. The summed E-state index contributed by atoms with van der Waals surface area (Å²) in [7, 11) is 0. The lowest BCUT2D eigenvalue weighted by atomic mass is 9.91. The number of carbonyl (C=O) groups is 1. The van der Waals surface area contributed by atoms with Gasteiger partial charge in [0.2, 0.25) is 5.91 Å². The molecule has 0 radical (unpaired) electrons. The fourth-order valence-corrected chi connectivity index (χ4v) is 3.70. The molecule has 1 aliphatic rings. The zero-order valence-electron chi connectivity index (χ0n) is 11.9. The van der Waals surface area contributed by atoms with E-state index in [4.69, 9.17) is 0 Å². The van der Waals surface area contributed by atoms with Crippen LogP contribution < -0.4 is 10.6 Å². The Bertz CT molecular complexity index is 422. The first-order valence-corrected chi connectivity index (χ1v) is 8.13. The molecule has 1 fully saturated rings. The molecule has 0 bridgehead atoms. The lowest BCUT2D eigenvalue weighted by molar-refractivity contribution is -0.127. The summed E-state index contributed by atoms with van der Waals surface area (Å²) in [6.45, 7) is 5.93. The minimum atomic E-state index is -0.306. The van der Waals surface area contributed by atoms with Crippen molar-refractivity contribution in [3.8, 4) is 0 Å². The molecule has 0 spiro atoms. The number of carbonyl (C=O) groups excluding carboxylic acids is 1. The molecule has 2 N–H and O–H groups in total. The van der Waals surface area contributed by atoms with Gasteiger partial charge < -0.3 is 10.6 Å². The van der Waals surface area contributed by atoms with E-state index in [9.17, 15) is 4.79 Å². The maximum Gasteiger partial charge on any atom is 0.240 e. The first kappa shape index (κ1) is 14.5. The second kappa shape index (κ2) is 6.53. The van der Waals surface area contributed by atoms with E-state index in [0.29, 0.717) is 6.54 Å². The molecule has 1 saturated heterocycles. The molecule has 0 saturated carbocycles. The van der Waals surface area contributed by atoms with Gasteiger partial charge in [-0.25, -0.2) is 0 Å². The Morgan fingerprint density at radius 3 is 2.79 bits per heavy atom. The predicted octanol–water partition coefficient (Wildman–Crippen LogP) is 2.85. The van der Waals surface area contributed by atoms with Crippen molar-refractivity contribution in [3.05, 3.63) is 21.9 Å². The quantitative estimate of drug-likeness (QED) is 0.841. The third kappa shape index (κ3) is 3.37. The number of amides is 1. The Balaban J connectivity index is 1.92. The first-order valence-electron chi connectivity index (χ1n) is 7.31. The third-order valence-electron chi connectivity index (χ3n) is 3.84. The molecule has 1 atom stereocenters. The van der Waals surface area contributed by atoms with Gasteiger partial charge in [0.25, 0.3) is 0 Å². The van der Waals surface area contributed by atoms with Crippen LogP contribution >= 0.6 is 11.3 Å². The summed E-state index contributed by atoms with van der Waals surface area (Å²) >= 11 is 1.79. The fraction of sp³-hybridized carbons (Fsp3) is 0.667. The van der Waals surface area contributed by atoms with Gasteiger partial charge in [-0.15, -0.1) is 11.3 Å². The van der Waals surface area contributed by atoms with Gasteiger partial charge in [0.15, 0.2) is 0 Å². The second-order valence-electron chi connectivity index (χ2n) is 5.27. The summed E-state index contributed by atoms with van der Waals surface area (Å²) in [6.07, 6.45) is 5.12. The second-order valence-corrected chi connectivity index (χ2v) is 6.52. The molecule has 2 rings (SSSR count). The zero-order valence-corrected chi connectivity index (χ0v) is 12.7. The van der Waals surface area contributed by atoms with Gasteiger partial charge in [-0.05, 0) is 44.4 Å². The molecule has 19 heavy (non-hydrogen) atoms. The SMILES string of the molecule is CCCC1(C(=O)NCc2ccc(CC)s2)CCCN1. The van der Waals surface area contributed by atoms with E-state index in [0.717, 1.165) is 38.6 Å². The maximum absolute atomic E-state index is 12.4. The van der Waals surface area contributed by atoms with Crippen molar-refractivity contribution in [1.82, 2.24) is 10.6 Å². The van der Waals surface area contributed by atoms with Crippen LogP contribution in [0.25, 0.3) is 0 Å². The van der Waals surface area contributed by atoms with Crippen LogP contribution in [0.2, 0.25) is 0 Å². The van der Waals surface area contributed by atoms with E-state index in [2.05, 4.69) is 36.6 Å². The standard InChI is InChI=1S/C15H24N2OS/c1-3-8-15(9-5-10-17-15)14(18)16-11-13-7-6-12(4-2)19-13/h6-7,17H,3-5,8-11H2,1-2H3,(H,16,18). The van der Waals surface area contributed by atoms with E-state index >= 15 is 0 Å². The highest BCUT2D eigenvalue weighted by molar-refractivity contribution is 7.11. The van der Waals surface area contributed by atoms with Crippen molar-refractivity contribution in [3.63, 3.8) is 0 Å². The summed E-state index contributed by atoms with van der Waals surface area (Å²) in [6, 6.07) is 4.28. The van der Waals surface area contributed by atoms with Crippen molar-refractivity contribution >= 4 is 17.2 Å². The molecule has 1 amide bonds. The molecular weight excluding hydrogens is 256 g/mol. The molecule has 0 aromatic carbocycles. The minimum Gasteiger partial charge on any atom is -0.350 e. The highest BCUT2D eigenvalue weighted by atomic mass is 32.1. The van der Waals surface area contributed by atoms with Gasteiger partial charge in [-0.1, -0.05) is 20.3 Å². The minimum absolute atomic E-state index is 0.179. The van der Waals surface area contributed by atoms with Crippen LogP contribution in [0.3, 0.4) is 0 Å². The Morgan fingerprint density at radius 2 is 2.21 bits per heavy atom. The Kier molecular flexibility index (Phi) is 4.99. The Labute approximate surface area is 119 Å². The van der Waals surface area contributed by atoms with Crippen molar-refractivity contribution in [2.45, 2.75) is 58.0 Å². The van der Waals surface area contributed by atoms with Crippen molar-refractivity contribution in [2.24, 2.45) is 0 Å². The van der Waals surface area contributed by atoms with Gasteiger partial charge >= 0.3 is 0 Å². The van der Waals surface area contributed by atoms with Gasteiger partial charge in [-0.2, -0.15) is 0 Å². The number of rotatable bonds is 6. The maximum atomic E-state index is 12.4. The molecule has 106 valence electrons. The summed E-state index contributed by atoms with van der Waals surface area (Å²) in [5.74, 6) is 0.179. The first-order chi connectivity index (χ1) is 9.20. The average Bonchev–Trinajstić information content (AvgIpc) is 3.05. The van der Waals surface area contributed by atoms with Crippen LogP contribution in [-0.2, 0) is 17.8 Å². The van der Waals surface area contributed by atoms with E-state index in [1.54, 1.807) is 11.3 Å². The highest BCUT2D eigenvalue weighted by Gasteiger charge is 2.39. The molecular formula is C15H24N2OS. The number of aryl methyl sites for hydroxylation is 1. The molecule has 0 aliphatic carbocycles. The lowest BCUT2D eigenvalue weighted by Gasteiger charge is -2.27. The monoisotopic (exact) mass is 280 g/mol. The summed E-state index contributed by atoms with van der Waals surface area (Å²) in [5, 5.41) is 6.53. The van der Waals surface area contributed by atoms with Crippen molar-refractivity contribution in [1.29, 1.82) is 0 Å². The number of thiophene rings is 1. The largest absolute Gasteiger partial charge is 0.350 e. The molecule has 1 aromatic heterocycles. The van der Waals surface area contributed by atoms with Crippen LogP contribution in [0, 0.1) is 0 Å². The van der Waals surface area contributed by atoms with E-state index in [1.807, 2.05) is 0 Å². The van der Waals surface area contributed by atoms with E-state index in [-0.39, 0.29) is 11.4 Å². The zero-order chi connectivity index (χ0) is 13.7. The molecule has 1 aromatic rings. The van der Waals surface area contributed by atoms with Crippen LogP contribution in [0.15, 0.2) is 12.1 Å². The van der Waals surface area contributed by atoms with Crippen LogP contribution in [0.4, 0.5) is 0 Å². The number of hydrogen-bond acceptors (Lipinski definition) is 3. The van der Waals surface area contributed by atoms with Crippen molar-refractivity contribution < 1.29 is 4.79 Å². The summed E-state index contributed by atoms with van der Waals surface area (Å²) in [5.41, 5.74) is -0.306. The summed E-state index contributed by atoms with van der Waals surface area (Å²) in [4.78, 5) is 15.1. The predicted molar refractivity (Wildman–Crippen MR) is 80.4 cm³/mol. The van der Waals surface area contributed by atoms with Gasteiger partial charge in [0, 0.05) is 9.75 Å². The van der Waals surface area contributed by atoms with Crippen LogP contribution in [0.5, 0.6) is 0 Å². The molecule has 1 aliphatic heterocycles. The molecule has 3 nitrogen and oxygen atoms in total. The molecule has 2 heterocycles. The topological polar surface area (TPSA) is 41.1 Å². The lowest BCUT2D eigenvalue weighted by Crippen LogP contribution is -2.53. The smallest absolute Gasteiger partial charge is 0.240 e. The third-order valence-corrected chi connectivity index (χ3v) is 5.07. The van der Waals surface area contributed by atoms with Gasteiger partial charge in [-0.3, -0.25) is 4.79 Å². The molecule has 4 heteroatoms. The van der Waals surface area contributed by atoms with Gasteiger partial charge in [0.05, 0.1) is 12.1 Å². The number of nitrogens with one attached hydrogen (secondary N) is 2. The fourth-order valence-electron chi connectivity index (χ4n) is 2.80. The van der Waals surface area contributed by atoms with Gasteiger partial charge in [0.1, 0.15) is 0 Å². The van der Waals surface area contributed by atoms with E-state index in [1.165, 1.54) is 9.75 Å². The van der Waals surface area contributed by atoms with Crippen LogP contribution in [0.1, 0.15) is 49.3 Å². The average molecular weight is 280 g/mol. The summed E-state index contributed by atoms with van der Waals surface area (Å²) < 4.78 is 0. The van der Waals surface area contributed by atoms with Crippen LogP contribution in [-0.4, -0.2) is 18.0 Å². The van der Waals surface area contributed by atoms with Crippen molar-refractivity contribution in [2.75, 3.05) is 6.54 Å².